The van der Waals surface area contributed by atoms with E-state index < -0.39 is 0 Å². The minimum atomic E-state index is -0.216. The first kappa shape index (κ1) is 17.2. The van der Waals surface area contributed by atoms with Gasteiger partial charge in [-0.3, -0.25) is 4.79 Å². The number of carbonyl (C=O) groups excluding carboxylic acids is 2. The van der Waals surface area contributed by atoms with Crippen LogP contribution in [0.15, 0.2) is 23.3 Å². The second-order valence-corrected chi connectivity index (χ2v) is 8.06. The van der Waals surface area contributed by atoms with Crippen LogP contribution in [0.5, 0.6) is 0 Å². The van der Waals surface area contributed by atoms with Crippen molar-refractivity contribution in [2.75, 3.05) is 0 Å². The molecule has 2 rings (SSSR count). The van der Waals surface area contributed by atoms with Gasteiger partial charge in [-0.1, -0.05) is 38.0 Å². The maximum absolute atomic E-state index is 11.7. The van der Waals surface area contributed by atoms with Gasteiger partial charge < -0.3 is 4.79 Å². The highest BCUT2D eigenvalue weighted by molar-refractivity contribution is 5.82. The molecule has 0 aromatic rings. The van der Waals surface area contributed by atoms with Gasteiger partial charge in [0.15, 0.2) is 0 Å². The summed E-state index contributed by atoms with van der Waals surface area (Å²) in [6.07, 6.45) is 13.0. The zero-order chi connectivity index (χ0) is 16.4. The molecule has 4 atom stereocenters. The van der Waals surface area contributed by atoms with Crippen molar-refractivity contribution in [3.63, 3.8) is 0 Å². The van der Waals surface area contributed by atoms with Crippen LogP contribution in [-0.2, 0) is 9.59 Å². The Morgan fingerprint density at radius 2 is 2.00 bits per heavy atom. The van der Waals surface area contributed by atoms with Crippen LogP contribution >= 0.6 is 0 Å². The molecule has 0 N–H and O–H groups in total. The Balaban J connectivity index is 2.30. The van der Waals surface area contributed by atoms with E-state index in [1.807, 2.05) is 6.08 Å². The number of aldehydes is 2. The first-order valence-corrected chi connectivity index (χ1v) is 8.61. The molecule has 0 aliphatic heterocycles. The molecule has 22 heavy (non-hydrogen) atoms. The Morgan fingerprint density at radius 3 is 2.59 bits per heavy atom. The Kier molecular flexibility index (Phi) is 5.09. The lowest BCUT2D eigenvalue weighted by molar-refractivity contribution is -0.123. The fourth-order valence-electron chi connectivity index (χ4n) is 5.05. The fraction of sp³-hybridized carbons (Fsp3) is 0.700. The summed E-state index contributed by atoms with van der Waals surface area (Å²) in [5.41, 5.74) is 2.30. The summed E-state index contributed by atoms with van der Waals surface area (Å²) in [5, 5.41) is 0. The van der Waals surface area contributed by atoms with Crippen LogP contribution in [0.25, 0.3) is 0 Å². The lowest BCUT2D eigenvalue weighted by atomic mass is 9.47. The molecule has 0 heterocycles. The molecule has 1 fully saturated rings. The van der Waals surface area contributed by atoms with Gasteiger partial charge in [0, 0.05) is 5.92 Å². The van der Waals surface area contributed by atoms with E-state index >= 15 is 0 Å². The second-order valence-electron chi connectivity index (χ2n) is 8.06. The number of allylic oxidation sites excluding steroid dienone is 4. The lowest BCUT2D eigenvalue weighted by Crippen LogP contribution is -2.50. The van der Waals surface area contributed by atoms with Gasteiger partial charge in [-0.2, -0.15) is 0 Å². The van der Waals surface area contributed by atoms with Crippen molar-refractivity contribution in [3.8, 4) is 0 Å². The van der Waals surface area contributed by atoms with Gasteiger partial charge in [0.1, 0.15) is 12.6 Å². The van der Waals surface area contributed by atoms with E-state index in [1.54, 1.807) is 0 Å². The van der Waals surface area contributed by atoms with E-state index in [2.05, 4.69) is 33.8 Å². The SMILES string of the molecule is CC(C)=CCC[C@]1(C)CCC[C@]2(C)[C@H](C=O)C(C=O)=CC[C@@H]12. The minimum absolute atomic E-state index is 0.0509. The standard InChI is InChI=1S/C20H30O2/c1-15(2)7-5-10-19(3)11-6-12-20(4)17(14-22)16(13-21)8-9-18(19)20/h7-8,13-14,17-18H,5-6,9-12H2,1-4H3/t17-,18+,19-,20-/m1/s1. The summed E-state index contributed by atoms with van der Waals surface area (Å²) >= 11 is 0. The van der Waals surface area contributed by atoms with Crippen LogP contribution < -0.4 is 0 Å². The van der Waals surface area contributed by atoms with E-state index in [9.17, 15) is 9.59 Å². The second kappa shape index (κ2) is 6.52. The molecule has 0 spiro atoms. The molecule has 0 radical (unpaired) electrons. The summed E-state index contributed by atoms with van der Waals surface area (Å²) in [6, 6.07) is 0. The van der Waals surface area contributed by atoms with Gasteiger partial charge in [0.05, 0.1) is 0 Å². The third-order valence-corrected chi connectivity index (χ3v) is 6.30. The van der Waals surface area contributed by atoms with Crippen molar-refractivity contribution in [3.05, 3.63) is 23.3 Å². The normalized spacial score (nSPS) is 37.7. The van der Waals surface area contributed by atoms with Crippen LogP contribution in [-0.4, -0.2) is 12.6 Å². The van der Waals surface area contributed by atoms with Gasteiger partial charge in [-0.25, -0.2) is 0 Å². The zero-order valence-corrected chi connectivity index (χ0v) is 14.5. The van der Waals surface area contributed by atoms with Gasteiger partial charge in [0.2, 0.25) is 0 Å². The third-order valence-electron chi connectivity index (χ3n) is 6.30. The van der Waals surface area contributed by atoms with Gasteiger partial charge in [-0.05, 0) is 68.3 Å². The van der Waals surface area contributed by atoms with Gasteiger partial charge in [-0.15, -0.1) is 0 Å². The monoisotopic (exact) mass is 302 g/mol. The fourth-order valence-corrected chi connectivity index (χ4v) is 5.05. The number of hydrogen-bond acceptors (Lipinski definition) is 2. The molecule has 0 amide bonds. The smallest absolute Gasteiger partial charge is 0.146 e. The van der Waals surface area contributed by atoms with Gasteiger partial charge >= 0.3 is 0 Å². The Hall–Kier alpha value is -1.18. The topological polar surface area (TPSA) is 34.1 Å². The van der Waals surface area contributed by atoms with Crippen molar-refractivity contribution in [1.29, 1.82) is 0 Å². The van der Waals surface area contributed by atoms with Crippen LogP contribution in [0.1, 0.15) is 66.2 Å². The number of rotatable bonds is 5. The Bertz CT molecular complexity index is 498. The summed E-state index contributed by atoms with van der Waals surface area (Å²) in [7, 11) is 0. The highest BCUT2D eigenvalue weighted by Gasteiger charge is 2.53. The predicted octanol–water partition coefficient (Wildman–Crippen LogP) is 4.89. The van der Waals surface area contributed by atoms with E-state index in [0.717, 1.165) is 38.3 Å². The van der Waals surface area contributed by atoms with Crippen molar-refractivity contribution in [2.45, 2.75) is 66.2 Å². The highest BCUT2D eigenvalue weighted by atomic mass is 16.1. The summed E-state index contributed by atoms with van der Waals surface area (Å²) in [4.78, 5) is 23.0. The molecule has 2 aliphatic rings. The molecule has 2 heteroatoms. The molecule has 2 aliphatic carbocycles. The maximum Gasteiger partial charge on any atom is 0.146 e. The molecule has 0 aromatic carbocycles. The van der Waals surface area contributed by atoms with Crippen LogP contribution in [0.4, 0.5) is 0 Å². The lowest BCUT2D eigenvalue weighted by Gasteiger charge is -2.56. The molecule has 0 aromatic heterocycles. The first-order valence-electron chi connectivity index (χ1n) is 8.61. The van der Waals surface area contributed by atoms with Crippen molar-refractivity contribution in [1.82, 2.24) is 0 Å². The Labute approximate surface area is 135 Å². The molecule has 0 saturated heterocycles. The van der Waals surface area contributed by atoms with E-state index in [-0.39, 0.29) is 16.7 Å². The summed E-state index contributed by atoms with van der Waals surface area (Å²) < 4.78 is 0. The number of hydrogen-bond donors (Lipinski definition) is 0. The molecule has 122 valence electrons. The van der Waals surface area contributed by atoms with Crippen LogP contribution in [0.3, 0.4) is 0 Å². The molecule has 1 saturated carbocycles. The molecule has 0 bridgehead atoms. The largest absolute Gasteiger partial charge is 0.303 e. The van der Waals surface area contributed by atoms with Gasteiger partial charge in [0.25, 0.3) is 0 Å². The average molecular weight is 302 g/mol. The molecular formula is C20H30O2. The molecular weight excluding hydrogens is 272 g/mol. The quantitative estimate of drug-likeness (QED) is 0.535. The number of carbonyl (C=O) groups is 2. The highest BCUT2D eigenvalue weighted by Crippen LogP contribution is 2.60. The Morgan fingerprint density at radius 1 is 1.27 bits per heavy atom. The third kappa shape index (κ3) is 2.98. The summed E-state index contributed by atoms with van der Waals surface area (Å²) in [5.74, 6) is 0.282. The predicted molar refractivity (Wildman–Crippen MR) is 90.5 cm³/mol. The summed E-state index contributed by atoms with van der Waals surface area (Å²) in [6.45, 7) is 8.94. The van der Waals surface area contributed by atoms with Crippen molar-refractivity contribution < 1.29 is 9.59 Å². The average Bonchev–Trinajstić information content (AvgIpc) is 2.45. The van der Waals surface area contributed by atoms with Crippen molar-refractivity contribution in [2.24, 2.45) is 22.7 Å². The molecule has 2 nitrogen and oxygen atoms in total. The zero-order valence-electron chi connectivity index (χ0n) is 14.5. The van der Waals surface area contributed by atoms with Crippen LogP contribution in [0.2, 0.25) is 0 Å². The maximum atomic E-state index is 11.7. The van der Waals surface area contributed by atoms with E-state index in [4.69, 9.17) is 0 Å². The van der Waals surface area contributed by atoms with Crippen molar-refractivity contribution >= 4 is 12.6 Å². The molecule has 0 unspecified atom stereocenters. The number of fused-ring (bicyclic) bond motifs is 1. The minimum Gasteiger partial charge on any atom is -0.303 e. The van der Waals surface area contributed by atoms with E-state index in [0.29, 0.717) is 11.5 Å². The van der Waals surface area contributed by atoms with E-state index in [1.165, 1.54) is 18.4 Å². The first-order chi connectivity index (χ1) is 10.4. The van der Waals surface area contributed by atoms with Crippen LogP contribution in [0, 0.1) is 22.7 Å².